The van der Waals surface area contributed by atoms with Gasteiger partial charge in [0.1, 0.15) is 5.54 Å². The summed E-state index contributed by atoms with van der Waals surface area (Å²) < 4.78 is 0. The van der Waals surface area contributed by atoms with E-state index >= 15 is 9.59 Å². The highest BCUT2D eigenvalue weighted by Gasteiger charge is 2.78. The second-order valence-corrected chi connectivity index (χ2v) is 13.1. The van der Waals surface area contributed by atoms with Crippen LogP contribution in [0.1, 0.15) is 45.8 Å². The van der Waals surface area contributed by atoms with Crippen LogP contribution in [0, 0.1) is 5.41 Å². The molecule has 6 heteroatoms. The highest BCUT2D eigenvalue weighted by Crippen LogP contribution is 2.69. The first-order chi connectivity index (χ1) is 20.4. The second kappa shape index (κ2) is 9.36. The Morgan fingerprint density at radius 2 is 1.60 bits per heavy atom. The lowest BCUT2D eigenvalue weighted by Crippen LogP contribution is -2.65. The number of rotatable bonds is 2. The van der Waals surface area contributed by atoms with Gasteiger partial charge in [-0.3, -0.25) is 14.5 Å². The average molecular weight is 594 g/mol. The number of hydrogen-bond donors (Lipinski definition) is 0. The quantitative estimate of drug-likeness (QED) is 0.228. The molecule has 4 aromatic carbocycles. The number of halogens is 2. The number of ketones is 2. The first-order valence-electron chi connectivity index (χ1n) is 14.7. The van der Waals surface area contributed by atoms with E-state index in [0.717, 1.165) is 46.8 Å². The van der Waals surface area contributed by atoms with Crippen LogP contribution in [0.2, 0.25) is 10.0 Å². The molecule has 4 aromatic rings. The molecular weight excluding hydrogens is 563 g/mol. The summed E-state index contributed by atoms with van der Waals surface area (Å²) in [5.74, 6) is -0.207. The van der Waals surface area contributed by atoms with Crippen LogP contribution in [-0.2, 0) is 10.3 Å². The van der Waals surface area contributed by atoms with Gasteiger partial charge in [0.15, 0.2) is 11.6 Å². The van der Waals surface area contributed by atoms with E-state index in [9.17, 15) is 0 Å². The predicted molar refractivity (Wildman–Crippen MR) is 168 cm³/mol. The minimum Gasteiger partial charge on any atom is -0.301 e. The lowest BCUT2D eigenvalue weighted by Gasteiger charge is -2.52. The average Bonchev–Trinajstić information content (AvgIpc) is 3.62. The van der Waals surface area contributed by atoms with E-state index in [1.165, 1.54) is 0 Å². The Labute approximate surface area is 255 Å². The molecule has 3 aliphatic heterocycles. The summed E-state index contributed by atoms with van der Waals surface area (Å²) in [5.41, 5.74) is 1.85. The van der Waals surface area contributed by atoms with Gasteiger partial charge in [-0.15, -0.1) is 0 Å². The SMILES string of the molecule is CN1C/C(=C\c2ccccc2Cl)C(=O)[C@]2(C1)[C@@H](c1ccccc1Cl)C1CCCN1[C@@]21C(=O)c2cccc3cccc1c23. The normalized spacial score (nSPS) is 29.9. The molecule has 1 aliphatic carbocycles. The zero-order valence-corrected chi connectivity index (χ0v) is 24.8. The van der Waals surface area contributed by atoms with E-state index in [0.29, 0.717) is 34.3 Å². The maximum Gasteiger partial charge on any atom is 0.189 e. The van der Waals surface area contributed by atoms with Gasteiger partial charge in [-0.1, -0.05) is 96.0 Å². The third-order valence-corrected chi connectivity index (χ3v) is 11.0. The van der Waals surface area contributed by atoms with Crippen LogP contribution in [0.15, 0.2) is 90.5 Å². The highest BCUT2D eigenvalue weighted by atomic mass is 35.5. The smallest absolute Gasteiger partial charge is 0.189 e. The number of likely N-dealkylation sites (N-methyl/N-ethyl adjacent to an activating group) is 1. The molecule has 0 saturated carbocycles. The first-order valence-corrected chi connectivity index (χ1v) is 15.4. The van der Waals surface area contributed by atoms with Crippen LogP contribution < -0.4 is 0 Å². The molecule has 4 atom stereocenters. The van der Waals surface area contributed by atoms with Crippen molar-refractivity contribution in [2.24, 2.45) is 5.41 Å². The van der Waals surface area contributed by atoms with Crippen LogP contribution >= 0.6 is 23.2 Å². The molecule has 3 saturated heterocycles. The van der Waals surface area contributed by atoms with E-state index in [2.05, 4.69) is 41.1 Å². The Morgan fingerprint density at radius 1 is 0.857 bits per heavy atom. The number of likely N-dealkylation sites (tertiary alicyclic amines) is 1. The molecular formula is C36H30Cl2N2O2. The van der Waals surface area contributed by atoms with Crippen molar-refractivity contribution in [2.75, 3.05) is 26.7 Å². The van der Waals surface area contributed by atoms with Crippen LogP contribution in [0.3, 0.4) is 0 Å². The van der Waals surface area contributed by atoms with Crippen molar-refractivity contribution in [2.45, 2.75) is 30.3 Å². The van der Waals surface area contributed by atoms with Gasteiger partial charge in [-0.25, -0.2) is 0 Å². The molecule has 3 heterocycles. The van der Waals surface area contributed by atoms with Crippen LogP contribution in [0.4, 0.5) is 0 Å². The fourth-order valence-corrected chi connectivity index (χ4v) is 9.50. The van der Waals surface area contributed by atoms with E-state index in [4.69, 9.17) is 23.2 Å². The number of piperidine rings is 1. The fraction of sp³-hybridized carbons (Fsp3) is 0.278. The molecule has 4 aliphatic rings. The summed E-state index contributed by atoms with van der Waals surface area (Å²) in [6, 6.07) is 27.7. The molecule has 210 valence electrons. The Balaban J connectivity index is 1.48. The third kappa shape index (κ3) is 3.21. The van der Waals surface area contributed by atoms with Crippen molar-refractivity contribution >= 4 is 51.6 Å². The van der Waals surface area contributed by atoms with Crippen LogP contribution in [0.5, 0.6) is 0 Å². The Hall–Kier alpha value is -3.28. The van der Waals surface area contributed by atoms with Gasteiger partial charge in [0.05, 0.1) is 5.41 Å². The van der Waals surface area contributed by atoms with E-state index in [1.807, 2.05) is 66.7 Å². The number of carbonyl (C=O) groups excluding carboxylic acids is 2. The Bertz CT molecular complexity index is 1840. The van der Waals surface area contributed by atoms with Crippen molar-refractivity contribution in [3.8, 4) is 0 Å². The Kier molecular flexibility index (Phi) is 5.87. The van der Waals surface area contributed by atoms with Crippen molar-refractivity contribution in [3.63, 3.8) is 0 Å². The zero-order chi connectivity index (χ0) is 28.8. The standard InChI is InChI=1S/C36H30Cl2N2O2/c1-39-20-24(19-23-9-2-4-15-28(23)37)33(41)35(21-39)32(25-12-3-5-16-29(25)38)30-17-8-18-40(30)36(35)27-14-7-11-22-10-6-13-26(31(22)27)34(36)42/h2-7,9-16,19,30,32H,8,17-18,20-21H2,1H3/b24-19+/t30?,32-,35-,36-/m0/s1. The van der Waals surface area contributed by atoms with Gasteiger partial charge in [0.2, 0.25) is 0 Å². The first kappa shape index (κ1) is 26.4. The number of nitrogens with zero attached hydrogens (tertiary/aromatic N) is 2. The minimum absolute atomic E-state index is 0.00423. The van der Waals surface area contributed by atoms with Crippen LogP contribution in [0.25, 0.3) is 16.8 Å². The predicted octanol–water partition coefficient (Wildman–Crippen LogP) is 7.38. The van der Waals surface area contributed by atoms with Gasteiger partial charge in [-0.05, 0) is 72.1 Å². The van der Waals surface area contributed by atoms with Crippen molar-refractivity contribution in [1.29, 1.82) is 0 Å². The second-order valence-electron chi connectivity index (χ2n) is 12.3. The number of benzene rings is 4. The fourth-order valence-electron chi connectivity index (χ4n) is 9.05. The monoisotopic (exact) mass is 592 g/mol. The minimum atomic E-state index is -1.15. The maximum atomic E-state index is 15.6. The third-order valence-electron chi connectivity index (χ3n) is 10.3. The Morgan fingerprint density at radius 3 is 2.38 bits per heavy atom. The van der Waals surface area contributed by atoms with Crippen molar-refractivity contribution in [3.05, 3.63) is 123 Å². The van der Waals surface area contributed by atoms with Gasteiger partial charge in [0, 0.05) is 46.2 Å². The number of fused-ring (bicyclic) bond motifs is 4. The molecule has 0 amide bonds. The largest absolute Gasteiger partial charge is 0.301 e. The molecule has 0 radical (unpaired) electrons. The maximum absolute atomic E-state index is 15.6. The summed E-state index contributed by atoms with van der Waals surface area (Å²) in [5, 5.41) is 3.25. The van der Waals surface area contributed by atoms with E-state index in [-0.39, 0.29) is 23.5 Å². The van der Waals surface area contributed by atoms with Gasteiger partial charge >= 0.3 is 0 Å². The molecule has 0 aromatic heterocycles. The summed E-state index contributed by atoms with van der Waals surface area (Å²) in [6.45, 7) is 1.68. The number of Topliss-reactive ketones (excluding diaryl/α,β-unsaturated/α-hetero) is 2. The molecule has 8 rings (SSSR count). The van der Waals surface area contributed by atoms with Gasteiger partial charge in [0.25, 0.3) is 0 Å². The summed E-state index contributed by atoms with van der Waals surface area (Å²) >= 11 is 13.6. The number of hydrogen-bond acceptors (Lipinski definition) is 4. The molecule has 2 spiro atoms. The van der Waals surface area contributed by atoms with E-state index in [1.54, 1.807) is 0 Å². The lowest BCUT2D eigenvalue weighted by molar-refractivity contribution is -0.134. The molecule has 0 bridgehead atoms. The van der Waals surface area contributed by atoms with Crippen LogP contribution in [-0.4, -0.2) is 54.1 Å². The summed E-state index contributed by atoms with van der Waals surface area (Å²) in [6.07, 6.45) is 3.81. The zero-order valence-electron chi connectivity index (χ0n) is 23.3. The topological polar surface area (TPSA) is 40.6 Å². The van der Waals surface area contributed by atoms with E-state index < -0.39 is 11.0 Å². The molecule has 3 fully saturated rings. The van der Waals surface area contributed by atoms with Gasteiger partial charge < -0.3 is 4.90 Å². The van der Waals surface area contributed by atoms with Gasteiger partial charge in [-0.2, -0.15) is 0 Å². The highest BCUT2D eigenvalue weighted by molar-refractivity contribution is 6.32. The van der Waals surface area contributed by atoms with Crippen molar-refractivity contribution in [1.82, 2.24) is 9.80 Å². The molecule has 4 nitrogen and oxygen atoms in total. The summed E-state index contributed by atoms with van der Waals surface area (Å²) in [7, 11) is 2.06. The number of carbonyl (C=O) groups is 2. The lowest BCUT2D eigenvalue weighted by atomic mass is 9.54. The molecule has 0 N–H and O–H groups in total. The van der Waals surface area contributed by atoms with Crippen molar-refractivity contribution < 1.29 is 9.59 Å². The summed E-state index contributed by atoms with van der Waals surface area (Å²) in [4.78, 5) is 35.4. The molecule has 42 heavy (non-hydrogen) atoms. The molecule has 1 unspecified atom stereocenters.